The molecule has 0 bridgehead atoms. The zero-order chi connectivity index (χ0) is 18.6. The monoisotopic (exact) mass is 382 g/mol. The molecule has 4 N–H and O–H groups in total. The number of benzene rings is 1. The predicted molar refractivity (Wildman–Crippen MR) is 103 cm³/mol. The van der Waals surface area contributed by atoms with E-state index in [9.17, 15) is 14.4 Å². The molecule has 0 aliphatic carbocycles. The molecule has 0 spiro atoms. The summed E-state index contributed by atoms with van der Waals surface area (Å²) in [4.78, 5) is 37.9. The van der Waals surface area contributed by atoms with Gasteiger partial charge in [-0.2, -0.15) is 0 Å². The van der Waals surface area contributed by atoms with Crippen molar-refractivity contribution in [1.82, 2.24) is 10.6 Å². The highest BCUT2D eigenvalue weighted by atomic mass is 35.5. The highest BCUT2D eigenvalue weighted by molar-refractivity contribution is 6.01. The Morgan fingerprint density at radius 2 is 1.88 bits per heavy atom. The summed E-state index contributed by atoms with van der Waals surface area (Å²) in [6.07, 6.45) is 0.540. The molecule has 1 aromatic carbocycles. The Kier molecular flexibility index (Phi) is 8.05. The lowest BCUT2D eigenvalue weighted by Crippen LogP contribution is -2.49. The number of nitrogens with one attached hydrogen (secondary N) is 2. The van der Waals surface area contributed by atoms with Crippen LogP contribution in [0.5, 0.6) is 0 Å². The van der Waals surface area contributed by atoms with Crippen molar-refractivity contribution in [3.05, 3.63) is 29.8 Å². The van der Waals surface area contributed by atoms with Crippen LogP contribution >= 0.6 is 12.4 Å². The summed E-state index contributed by atoms with van der Waals surface area (Å²) in [5.41, 5.74) is 7.66. The van der Waals surface area contributed by atoms with Crippen LogP contribution in [0.25, 0.3) is 0 Å². The quantitative estimate of drug-likeness (QED) is 0.674. The number of nitrogens with two attached hydrogens (primary N) is 1. The second kappa shape index (κ2) is 9.54. The minimum absolute atomic E-state index is 0. The van der Waals surface area contributed by atoms with E-state index < -0.39 is 18.0 Å². The maximum atomic E-state index is 12.5. The number of amides is 3. The third kappa shape index (κ3) is 5.44. The van der Waals surface area contributed by atoms with Crippen LogP contribution in [0.2, 0.25) is 0 Å². The first-order valence-electron chi connectivity index (χ1n) is 8.50. The van der Waals surface area contributed by atoms with Crippen LogP contribution in [0.4, 0.5) is 5.69 Å². The summed E-state index contributed by atoms with van der Waals surface area (Å²) in [7, 11) is 0. The smallest absolute Gasteiger partial charge is 0.249 e. The van der Waals surface area contributed by atoms with Gasteiger partial charge < -0.3 is 21.3 Å². The van der Waals surface area contributed by atoms with E-state index >= 15 is 0 Å². The van der Waals surface area contributed by atoms with E-state index in [0.717, 1.165) is 11.3 Å². The number of nitrogens with zero attached hydrogens (tertiary/aromatic N) is 1. The van der Waals surface area contributed by atoms with Gasteiger partial charge in [-0.1, -0.05) is 31.5 Å². The van der Waals surface area contributed by atoms with Crippen molar-refractivity contribution in [2.45, 2.75) is 39.3 Å². The van der Waals surface area contributed by atoms with Crippen LogP contribution in [-0.4, -0.2) is 42.9 Å². The van der Waals surface area contributed by atoms with Gasteiger partial charge in [-0.3, -0.25) is 14.4 Å². The molecular formula is C18H27ClN4O3. The van der Waals surface area contributed by atoms with Crippen molar-refractivity contribution in [3.8, 4) is 0 Å². The Hall–Kier alpha value is -2.12. The lowest BCUT2D eigenvalue weighted by Gasteiger charge is -2.18. The number of aryl methyl sites for hydroxylation is 1. The molecule has 1 fully saturated rings. The van der Waals surface area contributed by atoms with E-state index in [1.807, 2.05) is 45.0 Å². The zero-order valence-electron chi connectivity index (χ0n) is 15.3. The summed E-state index contributed by atoms with van der Waals surface area (Å²) in [5, 5.41) is 5.18. The number of hydrogen-bond acceptors (Lipinski definition) is 4. The normalized spacial score (nSPS) is 17.7. The second-order valence-electron chi connectivity index (χ2n) is 6.72. The summed E-state index contributed by atoms with van der Waals surface area (Å²) in [6.45, 7) is 6.02. The highest BCUT2D eigenvalue weighted by Gasteiger charge is 2.33. The molecule has 2 atom stereocenters. The molecule has 0 aromatic heterocycles. The summed E-state index contributed by atoms with van der Waals surface area (Å²) >= 11 is 0. The van der Waals surface area contributed by atoms with E-state index in [1.54, 1.807) is 4.90 Å². The summed E-state index contributed by atoms with van der Waals surface area (Å²) in [6, 6.07) is 6.46. The van der Waals surface area contributed by atoms with E-state index in [1.165, 1.54) is 0 Å². The number of halogens is 1. The van der Waals surface area contributed by atoms with Crippen LogP contribution in [-0.2, 0) is 14.4 Å². The molecule has 0 saturated carbocycles. The fourth-order valence-electron chi connectivity index (χ4n) is 2.63. The topological polar surface area (TPSA) is 105 Å². The molecule has 7 nitrogen and oxygen atoms in total. The molecule has 1 heterocycles. The average molecular weight is 383 g/mol. The highest BCUT2D eigenvalue weighted by Crippen LogP contribution is 2.21. The number of carbonyl (C=O) groups is 3. The minimum atomic E-state index is -0.655. The number of carbonyl (C=O) groups excluding carboxylic acids is 3. The number of anilines is 1. The van der Waals surface area contributed by atoms with E-state index in [2.05, 4.69) is 10.6 Å². The van der Waals surface area contributed by atoms with Gasteiger partial charge in [0.05, 0.1) is 12.6 Å². The van der Waals surface area contributed by atoms with E-state index in [0.29, 0.717) is 13.0 Å². The molecule has 1 aromatic rings. The first-order chi connectivity index (χ1) is 11.8. The molecule has 1 unspecified atom stereocenters. The standard InChI is InChI=1S/C18H26N4O3.ClH/c1-11(2)16(19)17(24)20-10-15(23)21-14-8-9-22(18(14)25)13-6-4-12(3)5-7-13;/h4-7,11,14,16H,8-10,19H2,1-3H3,(H,20,24)(H,21,23);1H/t14?,16-;/m0./s1. The summed E-state index contributed by atoms with van der Waals surface area (Å²) < 4.78 is 0. The zero-order valence-corrected chi connectivity index (χ0v) is 16.1. The maximum Gasteiger partial charge on any atom is 0.249 e. The van der Waals surface area contributed by atoms with Crippen LogP contribution in [0.3, 0.4) is 0 Å². The number of rotatable bonds is 6. The van der Waals surface area contributed by atoms with Crippen LogP contribution in [0, 0.1) is 12.8 Å². The van der Waals surface area contributed by atoms with Gasteiger partial charge in [0.2, 0.25) is 17.7 Å². The van der Waals surface area contributed by atoms with Crippen LogP contribution in [0.15, 0.2) is 24.3 Å². The molecule has 26 heavy (non-hydrogen) atoms. The van der Waals surface area contributed by atoms with Gasteiger partial charge in [0.1, 0.15) is 6.04 Å². The first-order valence-corrected chi connectivity index (χ1v) is 8.50. The van der Waals surface area contributed by atoms with Gasteiger partial charge in [0.25, 0.3) is 0 Å². The Labute approximate surface area is 160 Å². The Morgan fingerprint density at radius 1 is 1.27 bits per heavy atom. The van der Waals surface area contributed by atoms with Gasteiger partial charge in [-0.25, -0.2) is 0 Å². The van der Waals surface area contributed by atoms with Gasteiger partial charge in [0.15, 0.2) is 0 Å². The molecule has 144 valence electrons. The third-order valence-electron chi connectivity index (χ3n) is 4.33. The lowest BCUT2D eigenvalue weighted by molar-refractivity contribution is -0.128. The number of hydrogen-bond donors (Lipinski definition) is 3. The Balaban J connectivity index is 0.00000338. The molecule has 8 heteroatoms. The van der Waals surface area contributed by atoms with Crippen molar-refractivity contribution in [2.75, 3.05) is 18.0 Å². The van der Waals surface area contributed by atoms with Gasteiger partial charge in [-0.05, 0) is 31.4 Å². The van der Waals surface area contributed by atoms with E-state index in [-0.39, 0.29) is 36.7 Å². The second-order valence-corrected chi connectivity index (χ2v) is 6.72. The molecule has 2 rings (SSSR count). The molecular weight excluding hydrogens is 356 g/mol. The van der Waals surface area contributed by atoms with Crippen molar-refractivity contribution in [3.63, 3.8) is 0 Å². The van der Waals surface area contributed by atoms with Crippen LogP contribution in [0.1, 0.15) is 25.8 Å². The fourth-order valence-corrected chi connectivity index (χ4v) is 2.63. The lowest BCUT2D eigenvalue weighted by atomic mass is 10.1. The molecule has 3 amide bonds. The molecule has 1 aliphatic rings. The maximum absolute atomic E-state index is 12.5. The van der Waals surface area contributed by atoms with E-state index in [4.69, 9.17) is 5.73 Å². The van der Waals surface area contributed by atoms with Gasteiger partial charge >= 0.3 is 0 Å². The molecule has 1 aliphatic heterocycles. The molecule has 1 saturated heterocycles. The fraction of sp³-hybridized carbons (Fsp3) is 0.500. The molecule has 0 radical (unpaired) electrons. The first kappa shape index (κ1) is 21.9. The third-order valence-corrected chi connectivity index (χ3v) is 4.33. The van der Waals surface area contributed by atoms with Crippen molar-refractivity contribution >= 4 is 35.8 Å². The van der Waals surface area contributed by atoms with Crippen molar-refractivity contribution < 1.29 is 14.4 Å². The van der Waals surface area contributed by atoms with Gasteiger partial charge in [-0.15, -0.1) is 12.4 Å². The average Bonchev–Trinajstić information content (AvgIpc) is 2.93. The SMILES string of the molecule is Cc1ccc(N2CCC(NC(=O)CNC(=O)[C@@H](N)C(C)C)C2=O)cc1.Cl. The Morgan fingerprint density at radius 3 is 2.46 bits per heavy atom. The van der Waals surface area contributed by atoms with Crippen molar-refractivity contribution in [2.24, 2.45) is 11.7 Å². The minimum Gasteiger partial charge on any atom is -0.346 e. The predicted octanol–water partition coefficient (Wildman–Crippen LogP) is 0.738. The largest absolute Gasteiger partial charge is 0.346 e. The van der Waals surface area contributed by atoms with Crippen LogP contribution < -0.4 is 21.3 Å². The Bertz CT molecular complexity index is 648. The van der Waals surface area contributed by atoms with Crippen molar-refractivity contribution in [1.29, 1.82) is 0 Å². The summed E-state index contributed by atoms with van der Waals surface area (Å²) in [5.74, 6) is -0.914. The van der Waals surface area contributed by atoms with Gasteiger partial charge in [0, 0.05) is 12.2 Å².